The third-order valence-electron chi connectivity index (χ3n) is 5.50. The zero-order valence-corrected chi connectivity index (χ0v) is 16.0. The number of carbonyl (C=O) groups is 1. The molecule has 1 fully saturated rings. The molecule has 1 saturated heterocycles. The fraction of sp³-hybridized carbons (Fsp3) is 0.364. The molecule has 0 bridgehead atoms. The third-order valence-corrected chi connectivity index (χ3v) is 5.50. The fourth-order valence-electron chi connectivity index (χ4n) is 4.10. The van der Waals surface area contributed by atoms with Crippen molar-refractivity contribution in [2.24, 2.45) is 0 Å². The number of para-hydroxylation sites is 1. The number of nitrogens with zero attached hydrogens (tertiary/aromatic N) is 3. The van der Waals surface area contributed by atoms with Crippen molar-refractivity contribution in [1.29, 1.82) is 0 Å². The zero-order chi connectivity index (χ0) is 18.8. The molecule has 1 unspecified atom stereocenters. The first kappa shape index (κ1) is 17.7. The standard InChI is InChI=1S/C22H26N4O/c1-3-25-13-7-10-19(25)15-23-22(27)17-11-12-21-20(14-17)24-16(2)26(21)18-8-5-4-6-9-18/h4-6,8-9,11-12,14,19H,3,7,10,13,15H2,1-2H3,(H,23,27). The van der Waals surface area contributed by atoms with Crippen molar-refractivity contribution in [3.05, 3.63) is 59.9 Å². The van der Waals surface area contributed by atoms with Gasteiger partial charge in [0.1, 0.15) is 5.82 Å². The van der Waals surface area contributed by atoms with Crippen LogP contribution in [-0.4, -0.2) is 46.0 Å². The number of hydrogen-bond donors (Lipinski definition) is 1. The van der Waals surface area contributed by atoms with Crippen LogP contribution in [0.25, 0.3) is 16.7 Å². The monoisotopic (exact) mass is 362 g/mol. The first-order valence-electron chi connectivity index (χ1n) is 9.74. The van der Waals surface area contributed by atoms with Gasteiger partial charge in [-0.3, -0.25) is 14.3 Å². The normalized spacial score (nSPS) is 17.5. The van der Waals surface area contributed by atoms with Crippen molar-refractivity contribution < 1.29 is 4.79 Å². The number of fused-ring (bicyclic) bond motifs is 1. The van der Waals surface area contributed by atoms with E-state index in [0.29, 0.717) is 18.2 Å². The second-order valence-corrected chi connectivity index (χ2v) is 7.17. The number of amides is 1. The molecule has 3 aromatic rings. The van der Waals surface area contributed by atoms with Crippen LogP contribution < -0.4 is 5.32 Å². The molecule has 0 radical (unpaired) electrons. The van der Waals surface area contributed by atoms with E-state index in [9.17, 15) is 4.79 Å². The van der Waals surface area contributed by atoms with E-state index in [1.165, 1.54) is 6.42 Å². The van der Waals surface area contributed by atoms with E-state index >= 15 is 0 Å². The predicted molar refractivity (Wildman–Crippen MR) is 108 cm³/mol. The average Bonchev–Trinajstić information content (AvgIpc) is 3.28. The number of likely N-dealkylation sites (N-methyl/N-ethyl adjacent to an activating group) is 1. The average molecular weight is 362 g/mol. The van der Waals surface area contributed by atoms with E-state index in [1.54, 1.807) is 0 Å². The Morgan fingerprint density at radius 3 is 2.81 bits per heavy atom. The minimum absolute atomic E-state index is 0.0215. The maximum absolute atomic E-state index is 12.6. The fourth-order valence-corrected chi connectivity index (χ4v) is 4.10. The Morgan fingerprint density at radius 1 is 1.22 bits per heavy atom. The Morgan fingerprint density at radius 2 is 2.04 bits per heavy atom. The highest BCUT2D eigenvalue weighted by Gasteiger charge is 2.23. The van der Waals surface area contributed by atoms with E-state index in [0.717, 1.165) is 42.1 Å². The first-order chi connectivity index (χ1) is 13.2. The minimum atomic E-state index is -0.0215. The van der Waals surface area contributed by atoms with Crippen LogP contribution in [0.4, 0.5) is 0 Å². The highest BCUT2D eigenvalue weighted by atomic mass is 16.1. The van der Waals surface area contributed by atoms with Gasteiger partial charge >= 0.3 is 0 Å². The van der Waals surface area contributed by atoms with Crippen LogP contribution >= 0.6 is 0 Å². The number of carbonyl (C=O) groups excluding carboxylic acids is 1. The summed E-state index contributed by atoms with van der Waals surface area (Å²) in [4.78, 5) is 19.7. The van der Waals surface area contributed by atoms with Crippen LogP contribution in [-0.2, 0) is 0 Å². The summed E-state index contributed by atoms with van der Waals surface area (Å²) in [5.74, 6) is 0.894. The summed E-state index contributed by atoms with van der Waals surface area (Å²) in [6.45, 7) is 7.07. The Labute approximate surface area is 160 Å². The Balaban J connectivity index is 1.54. The summed E-state index contributed by atoms with van der Waals surface area (Å²) in [6, 6.07) is 16.4. The SMILES string of the molecule is CCN1CCCC1CNC(=O)c1ccc2c(c1)nc(C)n2-c1ccccc1. The highest BCUT2D eigenvalue weighted by molar-refractivity contribution is 5.97. The van der Waals surface area contributed by atoms with Gasteiger partial charge in [-0.05, 0) is 63.2 Å². The maximum Gasteiger partial charge on any atom is 0.251 e. The van der Waals surface area contributed by atoms with Crippen LogP contribution in [0.3, 0.4) is 0 Å². The van der Waals surface area contributed by atoms with Crippen molar-refractivity contribution in [3.63, 3.8) is 0 Å². The molecule has 1 N–H and O–H groups in total. The molecule has 0 spiro atoms. The predicted octanol–water partition coefficient (Wildman–Crippen LogP) is 3.55. The van der Waals surface area contributed by atoms with E-state index in [4.69, 9.17) is 0 Å². The second kappa shape index (κ2) is 7.53. The molecule has 4 rings (SSSR count). The van der Waals surface area contributed by atoms with Crippen LogP contribution in [0.1, 0.15) is 35.9 Å². The topological polar surface area (TPSA) is 50.2 Å². The highest BCUT2D eigenvalue weighted by Crippen LogP contribution is 2.22. The minimum Gasteiger partial charge on any atom is -0.350 e. The summed E-state index contributed by atoms with van der Waals surface area (Å²) in [7, 11) is 0. The summed E-state index contributed by atoms with van der Waals surface area (Å²) >= 11 is 0. The number of benzene rings is 2. The van der Waals surface area contributed by atoms with Gasteiger partial charge in [-0.2, -0.15) is 0 Å². The Kier molecular flexibility index (Phi) is 4.94. The van der Waals surface area contributed by atoms with Gasteiger partial charge in [-0.1, -0.05) is 25.1 Å². The van der Waals surface area contributed by atoms with E-state index < -0.39 is 0 Å². The van der Waals surface area contributed by atoms with Crippen molar-refractivity contribution in [2.45, 2.75) is 32.7 Å². The molecule has 1 aliphatic heterocycles. The molecule has 1 aromatic heterocycles. The van der Waals surface area contributed by atoms with E-state index in [2.05, 4.69) is 38.8 Å². The molecular formula is C22H26N4O. The van der Waals surface area contributed by atoms with Crippen LogP contribution in [0.5, 0.6) is 0 Å². The van der Waals surface area contributed by atoms with Crippen molar-refractivity contribution >= 4 is 16.9 Å². The number of hydrogen-bond acceptors (Lipinski definition) is 3. The van der Waals surface area contributed by atoms with E-state index in [1.807, 2.05) is 43.3 Å². The van der Waals surface area contributed by atoms with Gasteiger partial charge in [0.25, 0.3) is 5.91 Å². The van der Waals surface area contributed by atoms with Crippen LogP contribution in [0, 0.1) is 6.92 Å². The summed E-state index contributed by atoms with van der Waals surface area (Å²) < 4.78 is 2.12. The van der Waals surface area contributed by atoms with Gasteiger partial charge in [0.15, 0.2) is 0 Å². The van der Waals surface area contributed by atoms with E-state index in [-0.39, 0.29) is 5.91 Å². The molecule has 27 heavy (non-hydrogen) atoms. The van der Waals surface area contributed by atoms with Crippen LogP contribution in [0.2, 0.25) is 0 Å². The number of rotatable bonds is 5. The quantitative estimate of drug-likeness (QED) is 0.755. The molecule has 1 aliphatic rings. The molecule has 5 heteroatoms. The van der Waals surface area contributed by atoms with Gasteiger partial charge in [-0.15, -0.1) is 0 Å². The lowest BCUT2D eigenvalue weighted by molar-refractivity contribution is 0.0941. The lowest BCUT2D eigenvalue weighted by Crippen LogP contribution is -2.40. The van der Waals surface area contributed by atoms with Gasteiger partial charge < -0.3 is 5.32 Å². The molecule has 2 heterocycles. The lowest BCUT2D eigenvalue weighted by atomic mass is 10.1. The molecular weight excluding hydrogens is 336 g/mol. The molecule has 0 aliphatic carbocycles. The maximum atomic E-state index is 12.6. The Hall–Kier alpha value is -2.66. The summed E-state index contributed by atoms with van der Waals surface area (Å²) in [5.41, 5.74) is 3.61. The van der Waals surface area contributed by atoms with Gasteiger partial charge in [0, 0.05) is 23.8 Å². The lowest BCUT2D eigenvalue weighted by Gasteiger charge is -2.22. The number of nitrogens with one attached hydrogen (secondary N) is 1. The number of likely N-dealkylation sites (tertiary alicyclic amines) is 1. The van der Waals surface area contributed by atoms with Gasteiger partial charge in [-0.25, -0.2) is 4.98 Å². The molecule has 1 amide bonds. The number of aromatic nitrogens is 2. The molecule has 2 aromatic carbocycles. The molecule has 5 nitrogen and oxygen atoms in total. The van der Waals surface area contributed by atoms with Crippen molar-refractivity contribution in [1.82, 2.24) is 19.8 Å². The van der Waals surface area contributed by atoms with Crippen molar-refractivity contribution in [3.8, 4) is 5.69 Å². The summed E-state index contributed by atoms with van der Waals surface area (Å²) in [5, 5.41) is 3.11. The molecule has 140 valence electrons. The molecule has 0 saturated carbocycles. The Bertz CT molecular complexity index is 948. The third kappa shape index (κ3) is 3.47. The van der Waals surface area contributed by atoms with Crippen LogP contribution in [0.15, 0.2) is 48.5 Å². The first-order valence-corrected chi connectivity index (χ1v) is 9.74. The van der Waals surface area contributed by atoms with Gasteiger partial charge in [0.05, 0.1) is 11.0 Å². The number of aryl methyl sites for hydroxylation is 1. The molecule has 1 atom stereocenters. The van der Waals surface area contributed by atoms with Crippen molar-refractivity contribution in [2.75, 3.05) is 19.6 Å². The van der Waals surface area contributed by atoms with Gasteiger partial charge in [0.2, 0.25) is 0 Å². The number of imidazole rings is 1. The second-order valence-electron chi connectivity index (χ2n) is 7.17. The zero-order valence-electron chi connectivity index (χ0n) is 16.0. The largest absolute Gasteiger partial charge is 0.350 e. The summed E-state index contributed by atoms with van der Waals surface area (Å²) in [6.07, 6.45) is 2.38. The smallest absolute Gasteiger partial charge is 0.251 e.